The molecule has 0 fully saturated rings. The second-order valence-electron chi connectivity index (χ2n) is 4.61. The number of carbonyl (C=O) groups is 1. The molecule has 112 valence electrons. The minimum atomic E-state index is -0.243. The van der Waals surface area contributed by atoms with Crippen molar-refractivity contribution in [2.24, 2.45) is 0 Å². The fourth-order valence-electron chi connectivity index (χ4n) is 1.96. The van der Waals surface area contributed by atoms with Crippen LogP contribution in [0.4, 0.5) is 0 Å². The zero-order valence-electron chi connectivity index (χ0n) is 11.8. The van der Waals surface area contributed by atoms with Crippen molar-refractivity contribution in [3.8, 4) is 5.88 Å². The lowest BCUT2D eigenvalue weighted by atomic mass is 10.2. The zero-order valence-corrected chi connectivity index (χ0v) is 13.4. The summed E-state index contributed by atoms with van der Waals surface area (Å²) in [4.78, 5) is 16.4. The van der Waals surface area contributed by atoms with Crippen molar-refractivity contribution in [2.45, 2.75) is 6.54 Å². The third kappa shape index (κ3) is 3.09. The first-order chi connectivity index (χ1) is 10.7. The summed E-state index contributed by atoms with van der Waals surface area (Å²) < 4.78 is 7.57. The van der Waals surface area contributed by atoms with E-state index in [1.165, 1.54) is 11.6 Å². The summed E-state index contributed by atoms with van der Waals surface area (Å²) in [6.45, 7) is 0.441. The summed E-state index contributed by atoms with van der Waals surface area (Å²) in [6, 6.07) is 11.2. The van der Waals surface area contributed by atoms with Crippen molar-refractivity contribution in [3.05, 3.63) is 58.3 Å². The molecule has 1 aromatic carbocycles. The molecule has 7 heteroatoms. The quantitative estimate of drug-likeness (QED) is 0.775. The van der Waals surface area contributed by atoms with Gasteiger partial charge in [0.05, 0.1) is 13.3 Å². The molecule has 0 aliphatic heterocycles. The highest BCUT2D eigenvalue weighted by atomic mass is 79.9. The normalized spacial score (nSPS) is 10.6. The smallest absolute Gasteiger partial charge is 0.271 e. The van der Waals surface area contributed by atoms with Gasteiger partial charge in [0.2, 0.25) is 5.88 Å². The van der Waals surface area contributed by atoms with Gasteiger partial charge in [0.15, 0.2) is 5.65 Å². The minimum absolute atomic E-state index is 0.243. The number of imidazole rings is 1. The number of carbonyl (C=O) groups excluding carboxylic acids is 1. The Kier molecular flexibility index (Phi) is 4.06. The first kappa shape index (κ1) is 14.5. The minimum Gasteiger partial charge on any atom is -0.480 e. The van der Waals surface area contributed by atoms with E-state index in [0.717, 1.165) is 10.0 Å². The molecule has 0 unspecified atom stereocenters. The third-order valence-corrected chi connectivity index (χ3v) is 3.63. The lowest BCUT2D eigenvalue weighted by Gasteiger charge is -2.03. The number of methoxy groups -OCH3 is 1. The molecule has 0 saturated carbocycles. The molecule has 2 heterocycles. The molecule has 6 nitrogen and oxygen atoms in total. The molecule has 0 saturated heterocycles. The van der Waals surface area contributed by atoms with E-state index in [1.807, 2.05) is 24.3 Å². The number of ether oxygens (including phenoxy) is 1. The molecule has 22 heavy (non-hydrogen) atoms. The fourth-order valence-corrected chi connectivity index (χ4v) is 2.22. The van der Waals surface area contributed by atoms with E-state index in [2.05, 4.69) is 31.3 Å². The van der Waals surface area contributed by atoms with Crippen LogP contribution in [0.25, 0.3) is 5.65 Å². The van der Waals surface area contributed by atoms with E-state index in [1.54, 1.807) is 18.3 Å². The maximum atomic E-state index is 12.2. The van der Waals surface area contributed by atoms with Crippen molar-refractivity contribution >= 4 is 27.5 Å². The van der Waals surface area contributed by atoms with Gasteiger partial charge in [0, 0.05) is 17.1 Å². The number of nitrogens with one attached hydrogen (secondary N) is 1. The van der Waals surface area contributed by atoms with Crippen LogP contribution >= 0.6 is 15.9 Å². The monoisotopic (exact) mass is 360 g/mol. The topological polar surface area (TPSA) is 68.5 Å². The van der Waals surface area contributed by atoms with Crippen LogP contribution in [0.3, 0.4) is 0 Å². The summed E-state index contributed by atoms with van der Waals surface area (Å²) in [5.41, 5.74) is 1.92. The number of aromatic nitrogens is 3. The number of halogens is 1. The molecule has 0 radical (unpaired) electrons. The molecule has 0 bridgehead atoms. The number of amides is 1. The van der Waals surface area contributed by atoms with E-state index in [0.29, 0.717) is 23.8 Å². The van der Waals surface area contributed by atoms with Crippen molar-refractivity contribution < 1.29 is 9.53 Å². The maximum Gasteiger partial charge on any atom is 0.271 e. The van der Waals surface area contributed by atoms with E-state index >= 15 is 0 Å². The second-order valence-corrected chi connectivity index (χ2v) is 5.53. The van der Waals surface area contributed by atoms with Gasteiger partial charge >= 0.3 is 0 Å². The van der Waals surface area contributed by atoms with Gasteiger partial charge in [-0.25, -0.2) is 9.50 Å². The summed E-state index contributed by atoms with van der Waals surface area (Å²) in [5, 5.41) is 7.01. The lowest BCUT2D eigenvalue weighted by Crippen LogP contribution is -2.23. The van der Waals surface area contributed by atoms with Gasteiger partial charge in [-0.3, -0.25) is 4.79 Å². The van der Waals surface area contributed by atoms with E-state index in [9.17, 15) is 4.79 Å². The summed E-state index contributed by atoms with van der Waals surface area (Å²) in [5.74, 6) is 0.221. The average Bonchev–Trinajstić information content (AvgIpc) is 2.97. The number of nitrogens with zero attached hydrogens (tertiary/aromatic N) is 3. The molecule has 0 atom stereocenters. The number of hydrogen-bond donors (Lipinski definition) is 1. The van der Waals surface area contributed by atoms with Crippen LogP contribution in [-0.4, -0.2) is 27.6 Å². The Hall–Kier alpha value is -2.41. The number of rotatable bonds is 4. The van der Waals surface area contributed by atoms with Crippen LogP contribution in [0.5, 0.6) is 5.88 Å². The first-order valence-corrected chi connectivity index (χ1v) is 7.38. The predicted octanol–water partition coefficient (Wildman–Crippen LogP) is 2.43. The summed E-state index contributed by atoms with van der Waals surface area (Å²) in [6.07, 6.45) is 1.58. The van der Waals surface area contributed by atoms with Crippen LogP contribution in [0.2, 0.25) is 0 Å². The molecule has 3 rings (SSSR count). The molecule has 1 N–H and O–H groups in total. The molecule has 3 aromatic rings. The van der Waals surface area contributed by atoms with Crippen molar-refractivity contribution in [2.75, 3.05) is 7.11 Å². The molecule has 0 aliphatic rings. The van der Waals surface area contributed by atoms with Gasteiger partial charge in [-0.05, 0) is 23.8 Å². The van der Waals surface area contributed by atoms with Gasteiger partial charge < -0.3 is 10.1 Å². The standard InChI is InChI=1S/C15H13BrN4O2/c1-22-14-7-6-13-18-12(9-20(13)19-14)15(21)17-8-10-2-4-11(16)5-3-10/h2-7,9H,8H2,1H3,(H,17,21). The Morgan fingerprint density at radius 3 is 2.77 bits per heavy atom. The highest BCUT2D eigenvalue weighted by Gasteiger charge is 2.11. The average molecular weight is 361 g/mol. The zero-order chi connectivity index (χ0) is 15.5. The Balaban J connectivity index is 1.73. The molecular weight excluding hydrogens is 348 g/mol. The van der Waals surface area contributed by atoms with Gasteiger partial charge in [0.25, 0.3) is 5.91 Å². The van der Waals surface area contributed by atoms with E-state index < -0.39 is 0 Å². The van der Waals surface area contributed by atoms with Crippen molar-refractivity contribution in [1.82, 2.24) is 19.9 Å². The summed E-state index contributed by atoms with van der Waals surface area (Å²) >= 11 is 3.38. The Morgan fingerprint density at radius 2 is 2.05 bits per heavy atom. The maximum absolute atomic E-state index is 12.2. The molecule has 0 aliphatic carbocycles. The summed E-state index contributed by atoms with van der Waals surface area (Å²) in [7, 11) is 1.54. The Labute approximate surface area is 135 Å². The molecule has 0 spiro atoms. The van der Waals surface area contributed by atoms with E-state index in [-0.39, 0.29) is 5.91 Å². The van der Waals surface area contributed by atoms with Crippen LogP contribution in [0, 0.1) is 0 Å². The second kappa shape index (κ2) is 6.15. The van der Waals surface area contributed by atoms with Crippen LogP contribution in [0.15, 0.2) is 47.1 Å². The largest absolute Gasteiger partial charge is 0.480 e. The number of fused-ring (bicyclic) bond motifs is 1. The van der Waals surface area contributed by atoms with E-state index in [4.69, 9.17) is 4.74 Å². The molecule has 2 aromatic heterocycles. The number of benzene rings is 1. The Bertz CT molecular complexity index is 814. The van der Waals surface area contributed by atoms with Crippen LogP contribution in [0.1, 0.15) is 16.1 Å². The van der Waals surface area contributed by atoms with Gasteiger partial charge in [-0.2, -0.15) is 0 Å². The SMILES string of the molecule is COc1ccc2nc(C(=O)NCc3ccc(Br)cc3)cn2n1. The third-order valence-electron chi connectivity index (χ3n) is 3.10. The molecule has 1 amide bonds. The van der Waals surface area contributed by atoms with Gasteiger partial charge in [-0.1, -0.05) is 28.1 Å². The highest BCUT2D eigenvalue weighted by Crippen LogP contribution is 2.11. The van der Waals surface area contributed by atoms with Crippen molar-refractivity contribution in [1.29, 1.82) is 0 Å². The number of hydrogen-bond acceptors (Lipinski definition) is 4. The lowest BCUT2D eigenvalue weighted by molar-refractivity contribution is 0.0946. The first-order valence-electron chi connectivity index (χ1n) is 6.59. The van der Waals surface area contributed by atoms with Crippen molar-refractivity contribution in [3.63, 3.8) is 0 Å². The van der Waals surface area contributed by atoms with Gasteiger partial charge in [-0.15, -0.1) is 5.10 Å². The molecular formula is C15H13BrN4O2. The predicted molar refractivity (Wildman–Crippen MR) is 84.9 cm³/mol. The van der Waals surface area contributed by atoms with Crippen LogP contribution < -0.4 is 10.1 Å². The van der Waals surface area contributed by atoms with Gasteiger partial charge in [0.1, 0.15) is 5.69 Å². The Morgan fingerprint density at radius 1 is 1.27 bits per heavy atom. The highest BCUT2D eigenvalue weighted by molar-refractivity contribution is 9.10. The fraction of sp³-hybridized carbons (Fsp3) is 0.133. The van der Waals surface area contributed by atoms with Crippen LogP contribution in [-0.2, 0) is 6.54 Å².